The first-order valence-corrected chi connectivity index (χ1v) is 14.2. The number of fused-ring (bicyclic) bond motifs is 1. The predicted molar refractivity (Wildman–Crippen MR) is 144 cm³/mol. The molecule has 0 aliphatic carbocycles. The average molecular weight is 558 g/mol. The molecule has 0 spiro atoms. The Morgan fingerprint density at radius 3 is 2.63 bits per heavy atom. The van der Waals surface area contributed by atoms with Crippen LogP contribution in [-0.2, 0) is 26.0 Å². The number of sulfonamides is 1. The summed E-state index contributed by atoms with van der Waals surface area (Å²) in [7, 11) is -4.20. The number of nitrogens with one attached hydrogen (secondary N) is 4. The van der Waals surface area contributed by atoms with Gasteiger partial charge in [-0.15, -0.1) is 11.3 Å². The van der Waals surface area contributed by atoms with Gasteiger partial charge in [-0.2, -0.15) is 4.72 Å². The van der Waals surface area contributed by atoms with Crippen LogP contribution in [0.3, 0.4) is 0 Å². The summed E-state index contributed by atoms with van der Waals surface area (Å²) in [5.74, 6) is -1.69. The summed E-state index contributed by atoms with van der Waals surface area (Å²) in [6.07, 6.45) is 1.54. The number of aliphatic imine (C=N–C) groups is 1. The van der Waals surface area contributed by atoms with Crippen molar-refractivity contribution in [3.63, 3.8) is 0 Å². The molecule has 200 valence electrons. The minimum absolute atomic E-state index is 0.0496. The SMILES string of the molecule is O=C(CCc1ccc(C(=O)NC[C@H](NS(=O)(=O)c2cccc3ccccc23)C(=O)O)s1)NC1=NCCCN1. The Labute approximate surface area is 223 Å². The fourth-order valence-electron chi connectivity index (χ4n) is 3.82. The van der Waals surface area contributed by atoms with Crippen LogP contribution < -0.4 is 20.7 Å². The Morgan fingerprint density at radius 1 is 1.08 bits per heavy atom. The highest BCUT2D eigenvalue weighted by atomic mass is 32.2. The molecule has 3 aromatic rings. The molecule has 0 saturated heterocycles. The molecule has 2 amide bonds. The molecule has 0 unspecified atom stereocenters. The molecule has 11 nitrogen and oxygen atoms in total. The van der Waals surface area contributed by atoms with Crippen molar-refractivity contribution in [3.05, 3.63) is 64.4 Å². The second-order valence-corrected chi connectivity index (χ2v) is 11.4. The Kier molecular flexibility index (Phi) is 8.71. The van der Waals surface area contributed by atoms with E-state index in [1.807, 2.05) is 0 Å². The lowest BCUT2D eigenvalue weighted by molar-refractivity contribution is -0.138. The fraction of sp³-hybridized carbons (Fsp3) is 0.280. The molecule has 38 heavy (non-hydrogen) atoms. The van der Waals surface area contributed by atoms with Crippen LogP contribution in [0, 0.1) is 0 Å². The number of carboxylic acids is 1. The molecule has 1 aliphatic heterocycles. The largest absolute Gasteiger partial charge is 0.480 e. The van der Waals surface area contributed by atoms with Gasteiger partial charge in [-0.1, -0.05) is 36.4 Å². The highest BCUT2D eigenvalue weighted by Crippen LogP contribution is 2.23. The van der Waals surface area contributed by atoms with Gasteiger partial charge in [-0.25, -0.2) is 8.42 Å². The summed E-state index contributed by atoms with van der Waals surface area (Å²) >= 11 is 1.18. The lowest BCUT2D eigenvalue weighted by atomic mass is 10.1. The van der Waals surface area contributed by atoms with E-state index in [4.69, 9.17) is 0 Å². The summed E-state index contributed by atoms with van der Waals surface area (Å²) < 4.78 is 28.2. The lowest BCUT2D eigenvalue weighted by Crippen LogP contribution is -2.48. The van der Waals surface area contributed by atoms with Crippen LogP contribution in [0.25, 0.3) is 10.8 Å². The molecule has 0 radical (unpaired) electrons. The minimum atomic E-state index is -4.20. The standard InChI is InChI=1S/C25H27N5O6S2/c31-22(29-25-26-13-4-14-27-25)12-10-17-9-11-20(37-17)23(32)28-15-19(24(33)34)30-38(35,36)21-8-3-6-16-5-1-2-7-18(16)21/h1-3,5-9,11,19,30H,4,10,12-15H2,(H,28,32)(H,33,34)(H2,26,27,29,31)/t19-/m0/s1. The number of carbonyl (C=O) groups is 3. The summed E-state index contributed by atoms with van der Waals surface area (Å²) in [5, 5.41) is 19.0. The smallest absolute Gasteiger partial charge is 0.323 e. The highest BCUT2D eigenvalue weighted by molar-refractivity contribution is 7.89. The third-order valence-electron chi connectivity index (χ3n) is 5.74. The molecular formula is C25H27N5O6S2. The monoisotopic (exact) mass is 557 g/mol. The van der Waals surface area contributed by atoms with E-state index in [1.165, 1.54) is 17.4 Å². The highest BCUT2D eigenvalue weighted by Gasteiger charge is 2.27. The van der Waals surface area contributed by atoms with E-state index in [0.717, 1.165) is 17.8 Å². The third kappa shape index (κ3) is 6.94. The topological polar surface area (TPSA) is 166 Å². The summed E-state index contributed by atoms with van der Waals surface area (Å²) in [6.45, 7) is 0.970. The van der Waals surface area contributed by atoms with Crippen LogP contribution in [-0.4, -0.2) is 62.9 Å². The average Bonchev–Trinajstić information content (AvgIpc) is 3.39. The van der Waals surface area contributed by atoms with Gasteiger partial charge in [0.1, 0.15) is 6.04 Å². The van der Waals surface area contributed by atoms with Crippen LogP contribution >= 0.6 is 11.3 Å². The van der Waals surface area contributed by atoms with Gasteiger partial charge in [0.25, 0.3) is 5.91 Å². The van der Waals surface area contributed by atoms with Crippen LogP contribution in [0.4, 0.5) is 0 Å². The third-order valence-corrected chi connectivity index (χ3v) is 8.41. The molecule has 2 heterocycles. The first-order chi connectivity index (χ1) is 18.2. The van der Waals surface area contributed by atoms with Gasteiger partial charge < -0.3 is 15.7 Å². The molecule has 1 aromatic heterocycles. The maximum absolute atomic E-state index is 13.0. The molecule has 5 N–H and O–H groups in total. The summed E-state index contributed by atoms with van der Waals surface area (Å²) in [6, 6.07) is 13.3. The van der Waals surface area contributed by atoms with Crippen molar-refractivity contribution in [2.24, 2.45) is 4.99 Å². The Balaban J connectivity index is 1.33. The molecule has 0 fully saturated rings. The van der Waals surface area contributed by atoms with Gasteiger partial charge >= 0.3 is 5.97 Å². The Morgan fingerprint density at radius 2 is 1.87 bits per heavy atom. The van der Waals surface area contributed by atoms with E-state index < -0.39 is 34.5 Å². The van der Waals surface area contributed by atoms with Crippen LogP contribution in [0.2, 0.25) is 0 Å². The van der Waals surface area contributed by atoms with Gasteiger partial charge in [-0.05, 0) is 36.4 Å². The molecular weight excluding hydrogens is 530 g/mol. The van der Waals surface area contributed by atoms with Gasteiger partial charge in [0.15, 0.2) is 5.96 Å². The second kappa shape index (κ2) is 12.2. The van der Waals surface area contributed by atoms with E-state index in [1.54, 1.807) is 48.5 Å². The normalized spacial score (nSPS) is 14.3. The number of aliphatic carboxylic acids is 1. The van der Waals surface area contributed by atoms with Crippen molar-refractivity contribution < 1.29 is 27.9 Å². The minimum Gasteiger partial charge on any atom is -0.480 e. The van der Waals surface area contributed by atoms with E-state index in [-0.39, 0.29) is 17.2 Å². The molecule has 0 bridgehead atoms. The summed E-state index contributed by atoms with van der Waals surface area (Å²) in [4.78, 5) is 41.8. The van der Waals surface area contributed by atoms with Gasteiger partial charge in [0.2, 0.25) is 15.9 Å². The zero-order chi connectivity index (χ0) is 27.1. The van der Waals surface area contributed by atoms with Crippen molar-refractivity contribution >= 4 is 55.9 Å². The van der Waals surface area contributed by atoms with E-state index in [2.05, 4.69) is 25.7 Å². The van der Waals surface area contributed by atoms with Crippen LogP contribution in [0.1, 0.15) is 27.4 Å². The number of guanidine groups is 1. The number of carbonyl (C=O) groups excluding carboxylic acids is 2. The van der Waals surface area contributed by atoms with Gasteiger partial charge in [0.05, 0.1) is 9.77 Å². The summed E-state index contributed by atoms with van der Waals surface area (Å²) in [5.41, 5.74) is 0. The second-order valence-electron chi connectivity index (χ2n) is 8.52. The van der Waals surface area contributed by atoms with Crippen molar-refractivity contribution in [1.29, 1.82) is 0 Å². The lowest BCUT2D eigenvalue weighted by Gasteiger charge is -2.16. The maximum atomic E-state index is 13.0. The number of thiophene rings is 1. The first kappa shape index (κ1) is 27.2. The molecule has 0 saturated carbocycles. The number of nitrogens with zero attached hydrogens (tertiary/aromatic N) is 1. The Hall–Kier alpha value is -3.81. The van der Waals surface area contributed by atoms with Crippen LogP contribution in [0.5, 0.6) is 0 Å². The van der Waals surface area contributed by atoms with Crippen molar-refractivity contribution in [1.82, 2.24) is 20.7 Å². The number of aryl methyl sites for hydroxylation is 1. The number of hydrogen-bond acceptors (Lipinski definition) is 8. The number of rotatable bonds is 10. The number of amides is 2. The molecule has 13 heteroatoms. The van der Waals surface area contributed by atoms with E-state index in [9.17, 15) is 27.9 Å². The Bertz CT molecular complexity index is 1480. The molecule has 1 aliphatic rings. The van der Waals surface area contributed by atoms with Crippen molar-refractivity contribution in [2.75, 3.05) is 19.6 Å². The number of carboxylic acid groups (broad SMARTS) is 1. The molecule has 1 atom stereocenters. The van der Waals surface area contributed by atoms with Gasteiger partial charge in [0, 0.05) is 36.3 Å². The molecule has 2 aromatic carbocycles. The van der Waals surface area contributed by atoms with Crippen molar-refractivity contribution in [3.8, 4) is 0 Å². The first-order valence-electron chi connectivity index (χ1n) is 11.9. The predicted octanol–water partition coefficient (Wildman–Crippen LogP) is 1.46. The van der Waals surface area contributed by atoms with E-state index >= 15 is 0 Å². The number of benzene rings is 2. The van der Waals surface area contributed by atoms with Crippen molar-refractivity contribution in [2.45, 2.75) is 30.2 Å². The quantitative estimate of drug-likeness (QED) is 0.252. The van der Waals surface area contributed by atoms with E-state index in [0.29, 0.717) is 34.6 Å². The maximum Gasteiger partial charge on any atom is 0.323 e. The zero-order valence-corrected chi connectivity index (χ0v) is 21.9. The zero-order valence-electron chi connectivity index (χ0n) is 20.3. The fourth-order valence-corrected chi connectivity index (χ4v) is 6.17. The molecule has 4 rings (SSSR count). The van der Waals surface area contributed by atoms with Crippen LogP contribution in [0.15, 0.2) is 64.5 Å². The number of hydrogen-bond donors (Lipinski definition) is 5. The van der Waals surface area contributed by atoms with Gasteiger partial charge in [-0.3, -0.25) is 24.7 Å².